The SMILES string of the molecule is S=C1N[C@@H](c2ccccn2)[C@@H](c2cccn2-c2ccc3ccccc3c2)N1C1CCCCC1. The summed E-state index contributed by atoms with van der Waals surface area (Å²) in [5.74, 6) is 0. The minimum atomic E-state index is 0.0229. The zero-order valence-electron chi connectivity index (χ0n) is 18.6. The van der Waals surface area contributed by atoms with Gasteiger partial charge in [0, 0.05) is 29.8 Å². The topological polar surface area (TPSA) is 33.1 Å². The second-order valence-corrected chi connectivity index (χ2v) is 9.55. The fourth-order valence-electron chi connectivity index (χ4n) is 5.63. The molecule has 1 N–H and O–H groups in total. The standard InChI is InChI=1S/C28H28N4S/c33-28-30-26(24-13-6-7-17-29-24)27(32(28)22-11-2-1-3-12-22)25-14-8-18-31(25)23-16-15-20-9-4-5-10-21(20)19-23/h4-10,13-19,22,26-27H,1-3,11-12H2,(H,30,33)/t26-,27+/m0/s1. The Morgan fingerprint density at radius 3 is 2.48 bits per heavy atom. The van der Waals surface area contributed by atoms with Gasteiger partial charge in [-0.2, -0.15) is 0 Å². The van der Waals surface area contributed by atoms with Crippen molar-refractivity contribution in [3.63, 3.8) is 0 Å². The summed E-state index contributed by atoms with van der Waals surface area (Å²) < 4.78 is 2.33. The molecule has 2 aliphatic rings. The molecule has 3 heterocycles. The van der Waals surface area contributed by atoms with Crippen LogP contribution in [0, 0.1) is 0 Å². The molecule has 0 amide bonds. The van der Waals surface area contributed by atoms with Crippen molar-refractivity contribution in [3.8, 4) is 5.69 Å². The third-order valence-electron chi connectivity index (χ3n) is 7.20. The summed E-state index contributed by atoms with van der Waals surface area (Å²) >= 11 is 5.95. The van der Waals surface area contributed by atoms with E-state index in [0.29, 0.717) is 6.04 Å². The predicted octanol–water partition coefficient (Wildman–Crippen LogP) is 6.33. The van der Waals surface area contributed by atoms with E-state index in [4.69, 9.17) is 17.2 Å². The highest BCUT2D eigenvalue weighted by atomic mass is 32.1. The summed E-state index contributed by atoms with van der Waals surface area (Å²) in [5, 5.41) is 7.01. The zero-order chi connectivity index (χ0) is 22.2. The van der Waals surface area contributed by atoms with Crippen LogP contribution in [0.1, 0.15) is 55.6 Å². The normalized spacial score (nSPS) is 21.5. The van der Waals surface area contributed by atoms with Crippen LogP contribution >= 0.6 is 12.2 Å². The van der Waals surface area contributed by atoms with Gasteiger partial charge < -0.3 is 14.8 Å². The molecule has 6 rings (SSSR count). The molecule has 4 aromatic rings. The van der Waals surface area contributed by atoms with Gasteiger partial charge in [0.25, 0.3) is 0 Å². The number of pyridine rings is 1. The van der Waals surface area contributed by atoms with Crippen LogP contribution in [0.2, 0.25) is 0 Å². The van der Waals surface area contributed by atoms with Crippen molar-refractivity contribution in [1.29, 1.82) is 0 Å². The molecule has 2 fully saturated rings. The highest BCUT2D eigenvalue weighted by Gasteiger charge is 2.44. The van der Waals surface area contributed by atoms with Crippen molar-refractivity contribution in [3.05, 3.63) is 96.6 Å². The number of nitrogens with one attached hydrogen (secondary N) is 1. The molecule has 4 nitrogen and oxygen atoms in total. The lowest BCUT2D eigenvalue weighted by Gasteiger charge is -2.37. The maximum absolute atomic E-state index is 5.95. The minimum Gasteiger partial charge on any atom is -0.352 e. The summed E-state index contributed by atoms with van der Waals surface area (Å²) in [6, 6.07) is 26.4. The second-order valence-electron chi connectivity index (χ2n) is 9.16. The van der Waals surface area contributed by atoms with E-state index in [0.717, 1.165) is 10.8 Å². The number of hydrogen-bond acceptors (Lipinski definition) is 2. The van der Waals surface area contributed by atoms with Gasteiger partial charge in [-0.3, -0.25) is 4.98 Å². The summed E-state index contributed by atoms with van der Waals surface area (Å²) in [6.45, 7) is 0. The van der Waals surface area contributed by atoms with Crippen molar-refractivity contribution >= 4 is 28.1 Å². The number of hydrogen-bond donors (Lipinski definition) is 1. The van der Waals surface area contributed by atoms with E-state index in [-0.39, 0.29) is 12.1 Å². The van der Waals surface area contributed by atoms with Crippen LogP contribution < -0.4 is 5.32 Å². The van der Waals surface area contributed by atoms with Crippen LogP contribution in [0.25, 0.3) is 16.5 Å². The first-order chi connectivity index (χ1) is 16.3. The molecule has 1 aliphatic carbocycles. The molecule has 166 valence electrons. The van der Waals surface area contributed by atoms with E-state index in [2.05, 4.69) is 87.7 Å². The molecular formula is C28H28N4S. The first-order valence-corrected chi connectivity index (χ1v) is 12.4. The van der Waals surface area contributed by atoms with Crippen molar-refractivity contribution in [1.82, 2.24) is 19.8 Å². The van der Waals surface area contributed by atoms with Crippen molar-refractivity contribution in [2.24, 2.45) is 0 Å². The molecule has 33 heavy (non-hydrogen) atoms. The average Bonchev–Trinajstić information content (AvgIpc) is 3.49. The molecule has 0 bridgehead atoms. The number of rotatable bonds is 4. The Balaban J connectivity index is 1.47. The molecule has 1 aliphatic heterocycles. The van der Waals surface area contributed by atoms with Crippen molar-refractivity contribution < 1.29 is 0 Å². The predicted molar refractivity (Wildman–Crippen MR) is 137 cm³/mol. The Kier molecular flexibility index (Phi) is 5.35. The Hall–Kier alpha value is -3.18. The van der Waals surface area contributed by atoms with Gasteiger partial charge in [0.2, 0.25) is 0 Å². The lowest BCUT2D eigenvalue weighted by molar-refractivity contribution is 0.193. The van der Waals surface area contributed by atoms with Crippen LogP contribution in [-0.2, 0) is 0 Å². The van der Waals surface area contributed by atoms with Gasteiger partial charge in [-0.1, -0.05) is 55.7 Å². The fraction of sp³-hybridized carbons (Fsp3) is 0.286. The average molecular weight is 453 g/mol. The van der Waals surface area contributed by atoms with Gasteiger partial charge in [0.05, 0.1) is 17.8 Å². The molecule has 2 aromatic heterocycles. The lowest BCUT2D eigenvalue weighted by atomic mass is 9.92. The molecule has 1 saturated heterocycles. The van der Waals surface area contributed by atoms with E-state index in [1.54, 1.807) is 0 Å². The Bertz CT molecular complexity index is 1280. The smallest absolute Gasteiger partial charge is 0.170 e. The Labute approximate surface area is 200 Å². The van der Waals surface area contributed by atoms with Gasteiger partial charge in [-0.15, -0.1) is 0 Å². The van der Waals surface area contributed by atoms with Gasteiger partial charge in [0.1, 0.15) is 0 Å². The van der Waals surface area contributed by atoms with Gasteiger partial charge in [0.15, 0.2) is 5.11 Å². The zero-order valence-corrected chi connectivity index (χ0v) is 19.4. The van der Waals surface area contributed by atoms with Gasteiger partial charge in [-0.05, 0) is 72.2 Å². The second kappa shape index (κ2) is 8.64. The molecule has 0 radical (unpaired) electrons. The van der Waals surface area contributed by atoms with Crippen molar-refractivity contribution in [2.75, 3.05) is 0 Å². The van der Waals surface area contributed by atoms with E-state index in [1.807, 2.05) is 12.3 Å². The summed E-state index contributed by atoms with van der Waals surface area (Å²) in [7, 11) is 0. The van der Waals surface area contributed by atoms with Crippen LogP contribution in [0.3, 0.4) is 0 Å². The number of benzene rings is 2. The molecule has 0 unspecified atom stereocenters. The largest absolute Gasteiger partial charge is 0.352 e. The third-order valence-corrected chi connectivity index (χ3v) is 7.53. The maximum atomic E-state index is 5.95. The molecule has 2 aromatic carbocycles. The molecule has 2 atom stereocenters. The number of thiocarbonyl (C=S) groups is 1. The maximum Gasteiger partial charge on any atom is 0.170 e. The molecule has 0 spiro atoms. The van der Waals surface area contributed by atoms with Crippen LogP contribution in [0.5, 0.6) is 0 Å². The van der Waals surface area contributed by atoms with Gasteiger partial charge >= 0.3 is 0 Å². The van der Waals surface area contributed by atoms with Gasteiger partial charge in [-0.25, -0.2) is 0 Å². The number of nitrogens with zero attached hydrogens (tertiary/aromatic N) is 3. The third kappa shape index (κ3) is 3.70. The molecule has 1 saturated carbocycles. The highest BCUT2D eigenvalue weighted by molar-refractivity contribution is 7.80. The summed E-state index contributed by atoms with van der Waals surface area (Å²) in [6.07, 6.45) is 10.3. The highest BCUT2D eigenvalue weighted by Crippen LogP contribution is 2.43. The number of aromatic nitrogens is 2. The minimum absolute atomic E-state index is 0.0229. The Morgan fingerprint density at radius 2 is 1.67 bits per heavy atom. The molecule has 5 heteroatoms. The van der Waals surface area contributed by atoms with E-state index in [1.165, 1.54) is 54.3 Å². The fourth-order valence-corrected chi connectivity index (χ4v) is 6.02. The van der Waals surface area contributed by atoms with Crippen LogP contribution in [0.4, 0.5) is 0 Å². The molecular weight excluding hydrogens is 424 g/mol. The monoisotopic (exact) mass is 452 g/mol. The Morgan fingerprint density at radius 1 is 0.848 bits per heavy atom. The summed E-state index contributed by atoms with van der Waals surface area (Å²) in [5.41, 5.74) is 3.46. The van der Waals surface area contributed by atoms with E-state index < -0.39 is 0 Å². The van der Waals surface area contributed by atoms with Crippen molar-refractivity contribution in [2.45, 2.75) is 50.2 Å². The summed E-state index contributed by atoms with van der Waals surface area (Å²) in [4.78, 5) is 7.21. The first-order valence-electron chi connectivity index (χ1n) is 12.0. The lowest BCUT2D eigenvalue weighted by Crippen LogP contribution is -2.40. The van der Waals surface area contributed by atoms with Crippen LogP contribution in [-0.4, -0.2) is 25.6 Å². The van der Waals surface area contributed by atoms with E-state index in [9.17, 15) is 0 Å². The van der Waals surface area contributed by atoms with E-state index >= 15 is 0 Å². The quantitative estimate of drug-likeness (QED) is 0.367. The number of fused-ring (bicyclic) bond motifs is 1. The van der Waals surface area contributed by atoms with Crippen LogP contribution in [0.15, 0.2) is 85.2 Å². The first kappa shape index (κ1) is 20.4.